The standard InChI is InChI=1S/C19H30O4/c1-19(2)22-17(14-18(23-19)11-12-20)10-6-7-13-21-15-16-8-4-3-5-9-16/h3-5,8-9,17-18,20H,6-7,10-15H2,1-2H3/t17-,18+/m1/s1. The fourth-order valence-electron chi connectivity index (χ4n) is 3.06. The topological polar surface area (TPSA) is 47.9 Å². The summed E-state index contributed by atoms with van der Waals surface area (Å²) in [7, 11) is 0. The fourth-order valence-corrected chi connectivity index (χ4v) is 3.06. The van der Waals surface area contributed by atoms with Gasteiger partial charge in [0.25, 0.3) is 0 Å². The number of benzene rings is 1. The van der Waals surface area contributed by atoms with Crippen molar-refractivity contribution in [3.05, 3.63) is 35.9 Å². The van der Waals surface area contributed by atoms with Gasteiger partial charge in [-0.3, -0.25) is 0 Å². The second-order valence-electron chi connectivity index (χ2n) is 6.66. The molecule has 4 nitrogen and oxygen atoms in total. The Hall–Kier alpha value is -0.940. The molecule has 1 aromatic rings. The third kappa shape index (κ3) is 7.00. The van der Waals surface area contributed by atoms with Crippen LogP contribution in [0.5, 0.6) is 0 Å². The summed E-state index contributed by atoms with van der Waals surface area (Å²) in [6.07, 6.45) is 5.01. The molecular weight excluding hydrogens is 292 g/mol. The average molecular weight is 322 g/mol. The molecule has 0 aromatic heterocycles. The molecule has 1 N–H and O–H groups in total. The molecule has 0 bridgehead atoms. The lowest BCUT2D eigenvalue weighted by Gasteiger charge is -2.41. The van der Waals surface area contributed by atoms with E-state index in [0.717, 1.165) is 32.3 Å². The molecular formula is C19H30O4. The normalized spacial score (nSPS) is 23.8. The molecule has 1 aliphatic heterocycles. The quantitative estimate of drug-likeness (QED) is 0.705. The molecule has 0 unspecified atom stereocenters. The summed E-state index contributed by atoms with van der Waals surface area (Å²) in [5.74, 6) is -0.549. The van der Waals surface area contributed by atoms with Crippen LogP contribution in [0.2, 0.25) is 0 Å². The maximum absolute atomic E-state index is 9.10. The first-order chi connectivity index (χ1) is 11.1. The summed E-state index contributed by atoms with van der Waals surface area (Å²) in [5, 5.41) is 9.10. The fraction of sp³-hybridized carbons (Fsp3) is 0.684. The van der Waals surface area contributed by atoms with Crippen LogP contribution in [-0.4, -0.2) is 36.3 Å². The molecule has 2 atom stereocenters. The van der Waals surface area contributed by atoms with Crippen molar-refractivity contribution in [1.82, 2.24) is 0 Å². The number of rotatable bonds is 9. The molecule has 1 aromatic carbocycles. The van der Waals surface area contributed by atoms with Crippen LogP contribution in [0.4, 0.5) is 0 Å². The Balaban J connectivity index is 1.59. The molecule has 0 saturated carbocycles. The number of hydrogen-bond acceptors (Lipinski definition) is 4. The molecule has 1 aliphatic rings. The third-order valence-electron chi connectivity index (χ3n) is 4.05. The zero-order chi connectivity index (χ0) is 16.5. The lowest BCUT2D eigenvalue weighted by molar-refractivity contribution is -0.302. The van der Waals surface area contributed by atoms with Crippen LogP contribution < -0.4 is 0 Å². The lowest BCUT2D eigenvalue weighted by atomic mass is 10.0. The van der Waals surface area contributed by atoms with E-state index in [0.29, 0.717) is 13.0 Å². The SMILES string of the molecule is CC1(C)O[C@H](CCCCOCc2ccccc2)C[C@H](CCO)O1. The van der Waals surface area contributed by atoms with Gasteiger partial charge in [-0.15, -0.1) is 0 Å². The largest absolute Gasteiger partial charge is 0.396 e. The minimum Gasteiger partial charge on any atom is -0.396 e. The van der Waals surface area contributed by atoms with E-state index in [1.165, 1.54) is 5.56 Å². The van der Waals surface area contributed by atoms with Gasteiger partial charge in [0.2, 0.25) is 0 Å². The highest BCUT2D eigenvalue weighted by molar-refractivity contribution is 5.13. The van der Waals surface area contributed by atoms with Gasteiger partial charge in [0.1, 0.15) is 0 Å². The van der Waals surface area contributed by atoms with Gasteiger partial charge in [-0.25, -0.2) is 0 Å². The summed E-state index contributed by atoms with van der Waals surface area (Å²) in [5.41, 5.74) is 1.22. The van der Waals surface area contributed by atoms with Gasteiger partial charge in [-0.1, -0.05) is 30.3 Å². The molecule has 0 radical (unpaired) electrons. The highest BCUT2D eigenvalue weighted by Crippen LogP contribution is 2.30. The van der Waals surface area contributed by atoms with E-state index in [4.69, 9.17) is 19.3 Å². The smallest absolute Gasteiger partial charge is 0.163 e. The summed E-state index contributed by atoms with van der Waals surface area (Å²) < 4.78 is 17.5. The van der Waals surface area contributed by atoms with Gasteiger partial charge < -0.3 is 19.3 Å². The molecule has 1 heterocycles. The highest BCUT2D eigenvalue weighted by Gasteiger charge is 2.34. The van der Waals surface area contributed by atoms with Crippen molar-refractivity contribution >= 4 is 0 Å². The third-order valence-corrected chi connectivity index (χ3v) is 4.05. The van der Waals surface area contributed by atoms with Crippen molar-refractivity contribution in [2.24, 2.45) is 0 Å². The van der Waals surface area contributed by atoms with Crippen LogP contribution in [-0.2, 0) is 20.8 Å². The molecule has 0 amide bonds. The molecule has 23 heavy (non-hydrogen) atoms. The first kappa shape index (κ1) is 18.4. The Morgan fingerprint density at radius 3 is 2.48 bits per heavy atom. The monoisotopic (exact) mass is 322 g/mol. The highest BCUT2D eigenvalue weighted by atomic mass is 16.7. The summed E-state index contributed by atoms with van der Waals surface area (Å²) in [6, 6.07) is 10.2. The molecule has 130 valence electrons. The molecule has 2 rings (SSSR count). The maximum atomic E-state index is 9.10. The van der Waals surface area contributed by atoms with Gasteiger partial charge in [-0.05, 0) is 45.1 Å². The van der Waals surface area contributed by atoms with Gasteiger partial charge >= 0.3 is 0 Å². The van der Waals surface area contributed by atoms with Crippen LogP contribution in [0.3, 0.4) is 0 Å². The predicted octanol–water partition coefficient (Wildman–Crippen LogP) is 3.67. The van der Waals surface area contributed by atoms with Crippen molar-refractivity contribution in [2.45, 2.75) is 70.6 Å². The van der Waals surface area contributed by atoms with Crippen LogP contribution >= 0.6 is 0 Å². The van der Waals surface area contributed by atoms with Crippen molar-refractivity contribution in [3.63, 3.8) is 0 Å². The van der Waals surface area contributed by atoms with Crippen LogP contribution in [0.25, 0.3) is 0 Å². The van der Waals surface area contributed by atoms with Gasteiger partial charge in [0, 0.05) is 19.6 Å². The number of ether oxygens (including phenoxy) is 3. The van der Waals surface area contributed by atoms with E-state index >= 15 is 0 Å². The van der Waals surface area contributed by atoms with Crippen molar-refractivity contribution in [3.8, 4) is 0 Å². The van der Waals surface area contributed by atoms with E-state index < -0.39 is 5.79 Å². The first-order valence-electron chi connectivity index (χ1n) is 8.67. The van der Waals surface area contributed by atoms with Crippen molar-refractivity contribution in [1.29, 1.82) is 0 Å². The lowest BCUT2D eigenvalue weighted by Crippen LogP contribution is -2.44. The zero-order valence-corrected chi connectivity index (χ0v) is 14.4. The van der Waals surface area contributed by atoms with E-state index in [9.17, 15) is 0 Å². The van der Waals surface area contributed by atoms with Crippen LogP contribution in [0, 0.1) is 0 Å². The Kier molecular flexibility index (Phi) is 7.50. The average Bonchev–Trinajstić information content (AvgIpc) is 2.50. The number of hydrogen-bond donors (Lipinski definition) is 1. The Morgan fingerprint density at radius 1 is 1.09 bits per heavy atom. The van der Waals surface area contributed by atoms with Crippen molar-refractivity contribution < 1.29 is 19.3 Å². The molecule has 1 saturated heterocycles. The van der Waals surface area contributed by atoms with Gasteiger partial charge in [-0.2, -0.15) is 0 Å². The predicted molar refractivity (Wildman–Crippen MR) is 90.1 cm³/mol. The van der Waals surface area contributed by atoms with E-state index in [-0.39, 0.29) is 18.8 Å². The summed E-state index contributed by atoms with van der Waals surface area (Å²) >= 11 is 0. The zero-order valence-electron chi connectivity index (χ0n) is 14.4. The Morgan fingerprint density at radius 2 is 1.78 bits per heavy atom. The first-order valence-corrected chi connectivity index (χ1v) is 8.67. The molecule has 0 spiro atoms. The number of unbranched alkanes of at least 4 members (excludes halogenated alkanes) is 1. The molecule has 4 heteroatoms. The maximum Gasteiger partial charge on any atom is 0.163 e. The molecule has 1 fully saturated rings. The van der Waals surface area contributed by atoms with E-state index in [1.807, 2.05) is 32.0 Å². The van der Waals surface area contributed by atoms with Gasteiger partial charge in [0.15, 0.2) is 5.79 Å². The van der Waals surface area contributed by atoms with Crippen molar-refractivity contribution in [2.75, 3.05) is 13.2 Å². The van der Waals surface area contributed by atoms with Gasteiger partial charge in [0.05, 0.1) is 18.8 Å². The Labute approximate surface area is 139 Å². The molecule has 0 aliphatic carbocycles. The number of aliphatic hydroxyl groups is 1. The minimum atomic E-state index is -0.549. The minimum absolute atomic E-state index is 0.100. The van der Waals surface area contributed by atoms with E-state index in [2.05, 4.69) is 12.1 Å². The summed E-state index contributed by atoms with van der Waals surface area (Å²) in [4.78, 5) is 0. The van der Waals surface area contributed by atoms with Crippen LogP contribution in [0.1, 0.15) is 51.5 Å². The summed E-state index contributed by atoms with van der Waals surface area (Å²) in [6.45, 7) is 5.53. The Bertz CT molecular complexity index is 432. The second-order valence-corrected chi connectivity index (χ2v) is 6.66. The number of aliphatic hydroxyl groups excluding tert-OH is 1. The van der Waals surface area contributed by atoms with Crippen LogP contribution in [0.15, 0.2) is 30.3 Å². The van der Waals surface area contributed by atoms with E-state index in [1.54, 1.807) is 0 Å². The second kappa shape index (κ2) is 9.38.